The monoisotopic (exact) mass is 344 g/mol. The van der Waals surface area contributed by atoms with E-state index in [1.807, 2.05) is 13.8 Å². The second-order valence-corrected chi connectivity index (χ2v) is 6.45. The summed E-state index contributed by atoms with van der Waals surface area (Å²) in [6, 6.07) is 7.29. The van der Waals surface area contributed by atoms with Crippen molar-refractivity contribution in [3.05, 3.63) is 53.1 Å². The summed E-state index contributed by atoms with van der Waals surface area (Å²) in [6.45, 7) is 5.86. The number of aromatic amines is 1. The molecule has 0 bridgehead atoms. The fourth-order valence-electron chi connectivity index (χ4n) is 2.79. The van der Waals surface area contributed by atoms with E-state index in [4.69, 9.17) is 0 Å². The summed E-state index contributed by atoms with van der Waals surface area (Å²) in [7, 11) is 0. The van der Waals surface area contributed by atoms with Crippen LogP contribution in [0.4, 0.5) is 4.39 Å². The molecule has 1 saturated heterocycles. The van der Waals surface area contributed by atoms with Gasteiger partial charge in [0.05, 0.1) is 0 Å². The normalized spacial score (nSPS) is 14.9. The lowest BCUT2D eigenvalue weighted by atomic mass is 10.1. The van der Waals surface area contributed by atoms with Crippen LogP contribution in [0.5, 0.6) is 0 Å². The fraction of sp³-hybridized carbons (Fsp3) is 0.389. The first-order valence-electron chi connectivity index (χ1n) is 8.35. The van der Waals surface area contributed by atoms with Gasteiger partial charge in [0.15, 0.2) is 0 Å². The van der Waals surface area contributed by atoms with Gasteiger partial charge in [0.1, 0.15) is 11.5 Å². The molecular formula is C18H21FN4O2. The molecule has 1 aromatic carbocycles. The summed E-state index contributed by atoms with van der Waals surface area (Å²) in [5.74, 6) is -0.364. The maximum Gasteiger partial charge on any atom is 0.274 e. The van der Waals surface area contributed by atoms with Gasteiger partial charge in [0, 0.05) is 37.4 Å². The Morgan fingerprint density at radius 3 is 2.12 bits per heavy atom. The highest BCUT2D eigenvalue weighted by atomic mass is 19.1. The molecule has 3 rings (SSSR count). The second-order valence-electron chi connectivity index (χ2n) is 6.45. The lowest BCUT2D eigenvalue weighted by Gasteiger charge is -2.34. The number of aromatic nitrogens is 2. The summed E-state index contributed by atoms with van der Waals surface area (Å²) in [4.78, 5) is 28.3. The minimum atomic E-state index is -0.369. The predicted molar refractivity (Wildman–Crippen MR) is 90.9 cm³/mol. The average molecular weight is 344 g/mol. The SMILES string of the molecule is CC(C)c1cc(C(=O)N2CCN(C(=O)c3ccc(F)cc3)CC2)n[nH]1. The van der Waals surface area contributed by atoms with Crippen molar-refractivity contribution in [2.45, 2.75) is 19.8 Å². The van der Waals surface area contributed by atoms with Crippen molar-refractivity contribution in [2.75, 3.05) is 26.2 Å². The molecule has 2 aromatic rings. The van der Waals surface area contributed by atoms with Crippen LogP contribution in [0.2, 0.25) is 0 Å². The largest absolute Gasteiger partial charge is 0.335 e. The van der Waals surface area contributed by atoms with Crippen LogP contribution in [0.3, 0.4) is 0 Å². The summed E-state index contributed by atoms with van der Waals surface area (Å²) >= 11 is 0. The number of carbonyl (C=O) groups excluding carboxylic acids is 2. The van der Waals surface area contributed by atoms with Crippen LogP contribution in [-0.4, -0.2) is 58.0 Å². The molecule has 2 heterocycles. The number of hydrogen-bond acceptors (Lipinski definition) is 3. The molecule has 0 saturated carbocycles. The Bertz CT molecular complexity index is 762. The summed E-state index contributed by atoms with van der Waals surface area (Å²) in [5.41, 5.74) is 1.78. The van der Waals surface area contributed by atoms with Gasteiger partial charge < -0.3 is 9.80 Å². The molecule has 7 heteroatoms. The van der Waals surface area contributed by atoms with E-state index in [-0.39, 0.29) is 23.5 Å². The van der Waals surface area contributed by atoms with Gasteiger partial charge in [0.25, 0.3) is 11.8 Å². The van der Waals surface area contributed by atoms with E-state index in [2.05, 4.69) is 10.2 Å². The van der Waals surface area contributed by atoms with E-state index >= 15 is 0 Å². The van der Waals surface area contributed by atoms with Gasteiger partial charge in [-0.1, -0.05) is 13.8 Å². The number of nitrogens with zero attached hydrogens (tertiary/aromatic N) is 3. The van der Waals surface area contributed by atoms with E-state index in [1.54, 1.807) is 15.9 Å². The molecule has 1 aliphatic rings. The lowest BCUT2D eigenvalue weighted by molar-refractivity contribution is 0.0532. The molecule has 2 amide bonds. The molecule has 0 atom stereocenters. The minimum absolute atomic E-state index is 0.128. The number of nitrogens with one attached hydrogen (secondary N) is 1. The molecule has 0 aliphatic carbocycles. The van der Waals surface area contributed by atoms with E-state index in [1.165, 1.54) is 24.3 Å². The Morgan fingerprint density at radius 2 is 1.60 bits per heavy atom. The van der Waals surface area contributed by atoms with Crippen LogP contribution in [0, 0.1) is 5.82 Å². The number of hydrogen-bond donors (Lipinski definition) is 1. The summed E-state index contributed by atoms with van der Waals surface area (Å²) in [6.07, 6.45) is 0. The quantitative estimate of drug-likeness (QED) is 0.929. The third-order valence-corrected chi connectivity index (χ3v) is 4.38. The highest BCUT2D eigenvalue weighted by Crippen LogP contribution is 2.15. The predicted octanol–water partition coefficient (Wildman–Crippen LogP) is 2.27. The molecule has 0 radical (unpaired) electrons. The molecule has 1 fully saturated rings. The molecule has 1 N–H and O–H groups in total. The van der Waals surface area contributed by atoms with Crippen LogP contribution < -0.4 is 0 Å². The second kappa shape index (κ2) is 7.04. The standard InChI is InChI=1S/C18H21FN4O2/c1-12(2)15-11-16(21-20-15)18(25)23-9-7-22(8-10-23)17(24)13-3-5-14(19)6-4-13/h3-6,11-12H,7-10H2,1-2H3,(H,20,21). The number of halogens is 1. The fourth-order valence-corrected chi connectivity index (χ4v) is 2.79. The maximum atomic E-state index is 13.0. The van der Waals surface area contributed by atoms with Crippen molar-refractivity contribution in [2.24, 2.45) is 0 Å². The molecule has 132 valence electrons. The zero-order valence-corrected chi connectivity index (χ0v) is 14.3. The average Bonchev–Trinajstić information content (AvgIpc) is 3.12. The topological polar surface area (TPSA) is 69.3 Å². The van der Waals surface area contributed by atoms with Crippen LogP contribution in [0.15, 0.2) is 30.3 Å². The van der Waals surface area contributed by atoms with Crippen molar-refractivity contribution in [3.63, 3.8) is 0 Å². The lowest BCUT2D eigenvalue weighted by Crippen LogP contribution is -2.50. The first-order valence-corrected chi connectivity index (χ1v) is 8.35. The summed E-state index contributed by atoms with van der Waals surface area (Å²) < 4.78 is 13.0. The first-order chi connectivity index (χ1) is 12.0. The molecule has 1 aliphatic heterocycles. The van der Waals surface area contributed by atoms with Gasteiger partial charge in [-0.15, -0.1) is 0 Å². The van der Waals surface area contributed by atoms with Crippen molar-refractivity contribution >= 4 is 11.8 Å². The van der Waals surface area contributed by atoms with Gasteiger partial charge in [0.2, 0.25) is 0 Å². The number of benzene rings is 1. The van der Waals surface area contributed by atoms with E-state index in [0.717, 1.165) is 5.69 Å². The Labute approximate surface area is 145 Å². The zero-order chi connectivity index (χ0) is 18.0. The molecule has 25 heavy (non-hydrogen) atoms. The molecule has 6 nitrogen and oxygen atoms in total. The van der Waals surface area contributed by atoms with Crippen LogP contribution in [0.25, 0.3) is 0 Å². The molecule has 0 unspecified atom stereocenters. The number of piperazine rings is 1. The van der Waals surface area contributed by atoms with E-state index in [9.17, 15) is 14.0 Å². The number of rotatable bonds is 3. The third kappa shape index (κ3) is 3.70. The van der Waals surface area contributed by atoms with Crippen molar-refractivity contribution in [1.29, 1.82) is 0 Å². The van der Waals surface area contributed by atoms with Gasteiger partial charge in [-0.3, -0.25) is 14.7 Å². The third-order valence-electron chi connectivity index (χ3n) is 4.38. The molecule has 0 spiro atoms. The van der Waals surface area contributed by atoms with Gasteiger partial charge >= 0.3 is 0 Å². The van der Waals surface area contributed by atoms with Crippen LogP contribution >= 0.6 is 0 Å². The molecular weight excluding hydrogens is 323 g/mol. The van der Waals surface area contributed by atoms with Crippen LogP contribution in [-0.2, 0) is 0 Å². The van der Waals surface area contributed by atoms with E-state index in [0.29, 0.717) is 37.4 Å². The van der Waals surface area contributed by atoms with E-state index < -0.39 is 0 Å². The minimum Gasteiger partial charge on any atom is -0.335 e. The van der Waals surface area contributed by atoms with Gasteiger partial charge in [-0.05, 0) is 36.2 Å². The Kier molecular flexibility index (Phi) is 4.83. The van der Waals surface area contributed by atoms with Crippen molar-refractivity contribution in [3.8, 4) is 0 Å². The number of H-pyrrole nitrogens is 1. The number of carbonyl (C=O) groups is 2. The van der Waals surface area contributed by atoms with Gasteiger partial charge in [-0.2, -0.15) is 5.10 Å². The van der Waals surface area contributed by atoms with Crippen LogP contribution in [0.1, 0.15) is 46.3 Å². The van der Waals surface area contributed by atoms with Crippen molar-refractivity contribution < 1.29 is 14.0 Å². The molecule has 1 aromatic heterocycles. The van der Waals surface area contributed by atoms with Gasteiger partial charge in [-0.25, -0.2) is 4.39 Å². The maximum absolute atomic E-state index is 13.0. The first kappa shape index (κ1) is 17.1. The van der Waals surface area contributed by atoms with Crippen molar-refractivity contribution in [1.82, 2.24) is 20.0 Å². The number of amides is 2. The summed E-state index contributed by atoms with van der Waals surface area (Å²) in [5, 5.41) is 6.98. The highest BCUT2D eigenvalue weighted by Gasteiger charge is 2.26. The Morgan fingerprint density at radius 1 is 1.04 bits per heavy atom. The Hall–Kier alpha value is -2.70. The Balaban J connectivity index is 1.60. The smallest absolute Gasteiger partial charge is 0.274 e. The highest BCUT2D eigenvalue weighted by molar-refractivity contribution is 5.95. The zero-order valence-electron chi connectivity index (χ0n) is 14.3.